The molecule has 1 amide bonds. The average Bonchev–Trinajstić information content (AvgIpc) is 3.06. The van der Waals surface area contributed by atoms with Crippen molar-refractivity contribution in [2.24, 2.45) is 0 Å². The molecular weight excluding hydrogens is 318 g/mol. The highest BCUT2D eigenvalue weighted by molar-refractivity contribution is 6.30. The molecule has 1 atom stereocenters. The van der Waals surface area contributed by atoms with Gasteiger partial charge in [-0.2, -0.15) is 4.98 Å². The van der Waals surface area contributed by atoms with E-state index in [-0.39, 0.29) is 18.4 Å². The number of methoxy groups -OCH3 is 1. The van der Waals surface area contributed by atoms with Gasteiger partial charge in [-0.1, -0.05) is 16.8 Å². The van der Waals surface area contributed by atoms with Crippen LogP contribution in [-0.2, 0) is 9.53 Å². The Morgan fingerprint density at radius 2 is 2.22 bits per heavy atom. The van der Waals surface area contributed by atoms with E-state index >= 15 is 0 Å². The molecule has 6 nitrogen and oxygen atoms in total. The number of likely N-dealkylation sites (tertiary alicyclic amines) is 1. The molecule has 1 aromatic heterocycles. The van der Waals surface area contributed by atoms with Crippen molar-refractivity contribution >= 4 is 17.5 Å². The number of benzene rings is 1. The molecule has 0 saturated carbocycles. The molecule has 0 bridgehead atoms. The minimum absolute atomic E-state index is 0.00496. The molecule has 0 spiro atoms. The van der Waals surface area contributed by atoms with E-state index in [0.29, 0.717) is 23.3 Å². The van der Waals surface area contributed by atoms with Crippen LogP contribution in [0.15, 0.2) is 28.8 Å². The van der Waals surface area contributed by atoms with Crippen molar-refractivity contribution in [2.45, 2.75) is 18.8 Å². The van der Waals surface area contributed by atoms with Crippen LogP contribution in [0.2, 0.25) is 5.02 Å². The molecule has 0 radical (unpaired) electrons. The smallest absolute Gasteiger partial charge is 0.248 e. The summed E-state index contributed by atoms with van der Waals surface area (Å²) in [6.45, 7) is 1.44. The Morgan fingerprint density at radius 1 is 1.43 bits per heavy atom. The number of hydrogen-bond donors (Lipinski definition) is 0. The van der Waals surface area contributed by atoms with Crippen molar-refractivity contribution in [3.8, 4) is 11.4 Å². The molecule has 1 aliphatic rings. The summed E-state index contributed by atoms with van der Waals surface area (Å²) in [4.78, 5) is 18.2. The highest BCUT2D eigenvalue weighted by Crippen LogP contribution is 2.28. The predicted octanol–water partition coefficient (Wildman–Crippen LogP) is 2.74. The number of aromatic nitrogens is 2. The molecule has 2 heterocycles. The van der Waals surface area contributed by atoms with Gasteiger partial charge in [-0.25, -0.2) is 0 Å². The van der Waals surface area contributed by atoms with Gasteiger partial charge >= 0.3 is 0 Å². The average molecular weight is 336 g/mol. The van der Waals surface area contributed by atoms with Crippen molar-refractivity contribution in [3.63, 3.8) is 0 Å². The third kappa shape index (κ3) is 3.71. The number of ether oxygens (including phenoxy) is 1. The van der Waals surface area contributed by atoms with Gasteiger partial charge in [0.05, 0.1) is 5.92 Å². The third-order valence-electron chi connectivity index (χ3n) is 3.94. The molecule has 1 unspecified atom stereocenters. The van der Waals surface area contributed by atoms with Crippen LogP contribution in [0.5, 0.6) is 0 Å². The van der Waals surface area contributed by atoms with E-state index < -0.39 is 0 Å². The van der Waals surface area contributed by atoms with Gasteiger partial charge in [-0.15, -0.1) is 0 Å². The highest BCUT2D eigenvalue weighted by atomic mass is 35.5. The maximum atomic E-state index is 12.0. The largest absolute Gasteiger partial charge is 0.375 e. The van der Waals surface area contributed by atoms with Crippen LogP contribution in [0.1, 0.15) is 24.7 Å². The Morgan fingerprint density at radius 3 is 2.96 bits per heavy atom. The second kappa shape index (κ2) is 7.10. The van der Waals surface area contributed by atoms with Crippen molar-refractivity contribution in [1.29, 1.82) is 0 Å². The lowest BCUT2D eigenvalue weighted by atomic mass is 9.98. The molecule has 3 rings (SSSR count). The summed E-state index contributed by atoms with van der Waals surface area (Å²) < 4.78 is 10.3. The number of carbonyl (C=O) groups is 1. The first-order valence-electron chi connectivity index (χ1n) is 7.53. The number of rotatable bonds is 4. The molecule has 1 aromatic carbocycles. The molecule has 0 aliphatic carbocycles. The number of amides is 1. The minimum Gasteiger partial charge on any atom is -0.375 e. The lowest BCUT2D eigenvalue weighted by molar-refractivity contribution is -0.136. The minimum atomic E-state index is -0.00496. The predicted molar refractivity (Wildman–Crippen MR) is 85.2 cm³/mol. The van der Waals surface area contributed by atoms with Crippen LogP contribution in [-0.4, -0.2) is 47.8 Å². The standard InChI is InChI=1S/C16H18ClN3O3/c1-22-10-14(21)20-8-2-3-12(9-20)16-18-15(19-23-16)11-4-6-13(17)7-5-11/h4-7,12H,2-3,8-10H2,1H3. The van der Waals surface area contributed by atoms with Crippen LogP contribution in [0.25, 0.3) is 11.4 Å². The molecule has 122 valence electrons. The zero-order valence-corrected chi connectivity index (χ0v) is 13.6. The van der Waals surface area contributed by atoms with E-state index in [1.165, 1.54) is 7.11 Å². The van der Waals surface area contributed by atoms with Crippen LogP contribution in [0.4, 0.5) is 0 Å². The van der Waals surface area contributed by atoms with Crippen molar-refractivity contribution < 1.29 is 14.1 Å². The van der Waals surface area contributed by atoms with Crippen molar-refractivity contribution in [2.75, 3.05) is 26.8 Å². The molecule has 1 saturated heterocycles. The molecule has 1 aliphatic heterocycles. The summed E-state index contributed by atoms with van der Waals surface area (Å²) in [6, 6.07) is 7.29. The summed E-state index contributed by atoms with van der Waals surface area (Å²) >= 11 is 5.89. The number of nitrogens with zero attached hydrogens (tertiary/aromatic N) is 3. The molecular formula is C16H18ClN3O3. The molecule has 0 N–H and O–H groups in total. The Balaban J connectivity index is 1.72. The number of piperidine rings is 1. The Hall–Kier alpha value is -1.92. The van der Waals surface area contributed by atoms with Gasteiger partial charge < -0.3 is 14.2 Å². The fourth-order valence-electron chi connectivity index (χ4n) is 2.74. The first-order chi connectivity index (χ1) is 11.2. The van der Waals surface area contributed by atoms with Crippen LogP contribution >= 0.6 is 11.6 Å². The van der Waals surface area contributed by atoms with Gasteiger partial charge in [-0.05, 0) is 37.1 Å². The summed E-state index contributed by atoms with van der Waals surface area (Å²) in [5, 5.41) is 4.70. The Labute approximate surface area is 139 Å². The SMILES string of the molecule is COCC(=O)N1CCCC(c2nc(-c3ccc(Cl)cc3)no2)C1. The van der Waals surface area contributed by atoms with E-state index in [1.807, 2.05) is 12.1 Å². The number of hydrogen-bond acceptors (Lipinski definition) is 5. The lowest BCUT2D eigenvalue weighted by Crippen LogP contribution is -2.40. The van der Waals surface area contributed by atoms with E-state index in [9.17, 15) is 4.79 Å². The topological polar surface area (TPSA) is 68.5 Å². The lowest BCUT2D eigenvalue weighted by Gasteiger charge is -2.30. The van der Waals surface area contributed by atoms with Crippen molar-refractivity contribution in [3.05, 3.63) is 35.2 Å². The maximum Gasteiger partial charge on any atom is 0.248 e. The molecule has 23 heavy (non-hydrogen) atoms. The van der Waals surface area contributed by atoms with Gasteiger partial charge in [0.1, 0.15) is 6.61 Å². The normalized spacial score (nSPS) is 18.2. The van der Waals surface area contributed by atoms with Crippen LogP contribution in [0.3, 0.4) is 0 Å². The van der Waals surface area contributed by atoms with E-state index in [1.54, 1.807) is 17.0 Å². The Kier molecular flexibility index (Phi) is 4.93. The summed E-state index contributed by atoms with van der Waals surface area (Å²) in [5.74, 6) is 1.18. The number of halogens is 1. The summed E-state index contributed by atoms with van der Waals surface area (Å²) in [5.41, 5.74) is 0.854. The summed E-state index contributed by atoms with van der Waals surface area (Å²) in [6.07, 6.45) is 1.85. The highest BCUT2D eigenvalue weighted by Gasteiger charge is 2.28. The van der Waals surface area contributed by atoms with Crippen LogP contribution in [0, 0.1) is 0 Å². The van der Waals surface area contributed by atoms with E-state index in [4.69, 9.17) is 20.9 Å². The second-order valence-corrected chi connectivity index (χ2v) is 6.01. The first kappa shape index (κ1) is 16.0. The molecule has 2 aromatic rings. The fourth-order valence-corrected chi connectivity index (χ4v) is 2.86. The first-order valence-corrected chi connectivity index (χ1v) is 7.91. The monoisotopic (exact) mass is 335 g/mol. The van der Waals surface area contributed by atoms with Gasteiger partial charge in [-0.3, -0.25) is 4.79 Å². The van der Waals surface area contributed by atoms with E-state index in [2.05, 4.69) is 10.1 Å². The number of carbonyl (C=O) groups excluding carboxylic acids is 1. The van der Waals surface area contributed by atoms with Gasteiger partial charge in [0.2, 0.25) is 17.6 Å². The quantitative estimate of drug-likeness (QED) is 0.859. The maximum absolute atomic E-state index is 12.0. The molecule has 1 fully saturated rings. The zero-order valence-electron chi connectivity index (χ0n) is 12.9. The Bertz CT molecular complexity index is 671. The third-order valence-corrected chi connectivity index (χ3v) is 4.19. The van der Waals surface area contributed by atoms with Gasteiger partial charge in [0.25, 0.3) is 0 Å². The van der Waals surface area contributed by atoms with E-state index in [0.717, 1.165) is 24.9 Å². The molecule has 7 heteroatoms. The fraction of sp³-hybridized carbons (Fsp3) is 0.438. The van der Waals surface area contributed by atoms with Gasteiger partial charge in [0.15, 0.2) is 0 Å². The zero-order chi connectivity index (χ0) is 16.2. The van der Waals surface area contributed by atoms with Crippen molar-refractivity contribution in [1.82, 2.24) is 15.0 Å². The summed E-state index contributed by atoms with van der Waals surface area (Å²) in [7, 11) is 1.52. The second-order valence-electron chi connectivity index (χ2n) is 5.58. The van der Waals surface area contributed by atoms with Gasteiger partial charge in [0, 0.05) is 30.8 Å². The van der Waals surface area contributed by atoms with Crippen LogP contribution < -0.4 is 0 Å².